The van der Waals surface area contributed by atoms with E-state index in [1.807, 2.05) is 17.8 Å². The lowest BCUT2D eigenvalue weighted by Crippen LogP contribution is -2.66. The van der Waals surface area contributed by atoms with Crippen LogP contribution in [0.5, 0.6) is 0 Å². The summed E-state index contributed by atoms with van der Waals surface area (Å²) in [5.74, 6) is 1.99. The van der Waals surface area contributed by atoms with Crippen molar-refractivity contribution in [1.82, 2.24) is 0 Å². The van der Waals surface area contributed by atoms with Gasteiger partial charge in [-0.15, -0.1) is 0 Å². The normalized spacial score (nSPS) is 25.4. The van der Waals surface area contributed by atoms with Crippen LogP contribution in [0, 0.1) is 11.2 Å². The molecule has 1 unspecified atom stereocenters. The molecule has 20 heavy (non-hydrogen) atoms. The van der Waals surface area contributed by atoms with E-state index in [0.717, 1.165) is 24.4 Å². The Labute approximate surface area is 125 Å². The van der Waals surface area contributed by atoms with Gasteiger partial charge in [0, 0.05) is 24.5 Å². The zero-order chi connectivity index (χ0) is 14.8. The molecule has 2 rings (SSSR count). The van der Waals surface area contributed by atoms with Gasteiger partial charge in [0.05, 0.1) is 5.54 Å². The number of hydrogen-bond donors (Lipinski definition) is 1. The Morgan fingerprint density at radius 1 is 1.40 bits per heavy atom. The second-order valence-corrected chi connectivity index (χ2v) is 7.25. The molecule has 1 heterocycles. The van der Waals surface area contributed by atoms with Crippen molar-refractivity contribution in [1.29, 1.82) is 0 Å². The lowest BCUT2D eigenvalue weighted by atomic mass is 9.69. The van der Waals surface area contributed by atoms with Crippen LogP contribution in [0.2, 0.25) is 0 Å². The largest absolute Gasteiger partial charge is 0.363 e. The number of anilines is 1. The number of thioether (sulfide) groups is 1. The molecule has 0 aromatic heterocycles. The van der Waals surface area contributed by atoms with Crippen LogP contribution in [0.25, 0.3) is 0 Å². The maximum absolute atomic E-state index is 13.6. The number of likely N-dealkylation sites (N-methyl/N-ethyl adjacent to an activating group) is 1. The molecule has 0 bridgehead atoms. The first-order valence-electron chi connectivity index (χ1n) is 7.28. The summed E-state index contributed by atoms with van der Waals surface area (Å²) < 4.78 is 13.6. The minimum absolute atomic E-state index is 0.113. The van der Waals surface area contributed by atoms with Crippen LogP contribution < -0.4 is 10.6 Å². The minimum Gasteiger partial charge on any atom is -0.363 e. The fourth-order valence-electron chi connectivity index (χ4n) is 3.26. The van der Waals surface area contributed by atoms with Crippen LogP contribution >= 0.6 is 11.8 Å². The fourth-order valence-corrected chi connectivity index (χ4v) is 5.06. The molecule has 1 atom stereocenters. The van der Waals surface area contributed by atoms with Gasteiger partial charge in [0.25, 0.3) is 0 Å². The lowest BCUT2D eigenvalue weighted by Gasteiger charge is -2.56. The molecule has 0 aliphatic carbocycles. The standard InChI is InChI=1S/C16H25FN2S/c1-4-19(14-7-5-6-13(17)10-14)16(11-18)12-20-9-8-15(16,2)3/h5-7,10H,4,8-9,11-12,18H2,1-3H3. The van der Waals surface area contributed by atoms with Crippen molar-refractivity contribution in [2.24, 2.45) is 11.1 Å². The monoisotopic (exact) mass is 296 g/mol. The van der Waals surface area contributed by atoms with Crippen LogP contribution in [0.1, 0.15) is 27.2 Å². The van der Waals surface area contributed by atoms with Crippen molar-refractivity contribution in [2.75, 3.05) is 29.5 Å². The molecule has 2 N–H and O–H groups in total. The summed E-state index contributed by atoms with van der Waals surface area (Å²) in [4.78, 5) is 2.31. The van der Waals surface area contributed by atoms with Gasteiger partial charge in [0.15, 0.2) is 0 Å². The average Bonchev–Trinajstić information content (AvgIpc) is 2.41. The van der Waals surface area contributed by atoms with Crippen molar-refractivity contribution >= 4 is 17.4 Å². The molecule has 0 radical (unpaired) electrons. The van der Waals surface area contributed by atoms with Crippen molar-refractivity contribution in [3.8, 4) is 0 Å². The van der Waals surface area contributed by atoms with Crippen LogP contribution in [0.3, 0.4) is 0 Å². The Morgan fingerprint density at radius 3 is 2.70 bits per heavy atom. The third-order valence-electron chi connectivity index (χ3n) is 4.76. The van der Waals surface area contributed by atoms with Gasteiger partial charge in [-0.3, -0.25) is 0 Å². The number of halogens is 1. The van der Waals surface area contributed by atoms with E-state index >= 15 is 0 Å². The van der Waals surface area contributed by atoms with Crippen molar-refractivity contribution < 1.29 is 4.39 Å². The zero-order valence-electron chi connectivity index (χ0n) is 12.7. The highest BCUT2D eigenvalue weighted by atomic mass is 32.2. The summed E-state index contributed by atoms with van der Waals surface area (Å²) in [5, 5.41) is 0. The minimum atomic E-state index is -0.186. The van der Waals surface area contributed by atoms with E-state index in [2.05, 4.69) is 25.7 Å². The van der Waals surface area contributed by atoms with Gasteiger partial charge >= 0.3 is 0 Å². The quantitative estimate of drug-likeness (QED) is 0.922. The van der Waals surface area contributed by atoms with Crippen LogP contribution in [-0.4, -0.2) is 30.1 Å². The van der Waals surface area contributed by atoms with Crippen LogP contribution in [-0.2, 0) is 0 Å². The summed E-state index contributed by atoms with van der Waals surface area (Å²) in [6.45, 7) is 8.14. The Morgan fingerprint density at radius 2 is 2.15 bits per heavy atom. The predicted molar refractivity (Wildman–Crippen MR) is 86.9 cm³/mol. The molecule has 2 nitrogen and oxygen atoms in total. The van der Waals surface area contributed by atoms with Crippen molar-refractivity contribution in [2.45, 2.75) is 32.7 Å². The molecule has 0 amide bonds. The SMILES string of the molecule is CCN(c1cccc(F)c1)C1(CN)CSCCC1(C)C. The summed E-state index contributed by atoms with van der Waals surface area (Å²) in [5.41, 5.74) is 7.16. The second-order valence-electron chi connectivity index (χ2n) is 6.15. The van der Waals surface area contributed by atoms with Gasteiger partial charge in [0.1, 0.15) is 5.82 Å². The molecule has 0 spiro atoms. The first kappa shape index (κ1) is 15.6. The molecule has 1 aliphatic heterocycles. The Kier molecular flexibility index (Phi) is 4.65. The molecule has 4 heteroatoms. The maximum Gasteiger partial charge on any atom is 0.125 e. The summed E-state index contributed by atoms with van der Waals surface area (Å²) in [6.07, 6.45) is 1.14. The van der Waals surface area contributed by atoms with Crippen molar-refractivity contribution in [3.63, 3.8) is 0 Å². The van der Waals surface area contributed by atoms with Crippen LogP contribution in [0.4, 0.5) is 10.1 Å². The van der Waals surface area contributed by atoms with E-state index < -0.39 is 0 Å². The van der Waals surface area contributed by atoms with E-state index in [0.29, 0.717) is 6.54 Å². The van der Waals surface area contributed by atoms with E-state index in [9.17, 15) is 4.39 Å². The Bertz CT molecular complexity index is 464. The summed E-state index contributed by atoms with van der Waals surface area (Å²) >= 11 is 1.96. The highest BCUT2D eigenvalue weighted by Crippen LogP contribution is 2.46. The Hall–Kier alpha value is -0.740. The molecule has 0 saturated carbocycles. The number of benzene rings is 1. The molecule has 1 aromatic carbocycles. The zero-order valence-corrected chi connectivity index (χ0v) is 13.5. The number of rotatable bonds is 4. The first-order chi connectivity index (χ1) is 9.47. The van der Waals surface area contributed by atoms with Gasteiger partial charge in [-0.05, 0) is 42.7 Å². The molecule has 1 saturated heterocycles. The molecular weight excluding hydrogens is 271 g/mol. The molecule has 1 aromatic rings. The van der Waals surface area contributed by atoms with Gasteiger partial charge in [-0.2, -0.15) is 11.8 Å². The highest BCUT2D eigenvalue weighted by Gasteiger charge is 2.49. The molecule has 1 aliphatic rings. The van der Waals surface area contributed by atoms with Gasteiger partial charge in [0.2, 0.25) is 0 Å². The topological polar surface area (TPSA) is 29.3 Å². The van der Waals surface area contributed by atoms with E-state index in [1.54, 1.807) is 12.1 Å². The van der Waals surface area contributed by atoms with E-state index in [-0.39, 0.29) is 16.8 Å². The average molecular weight is 296 g/mol. The fraction of sp³-hybridized carbons (Fsp3) is 0.625. The third kappa shape index (κ3) is 2.56. The molecule has 1 fully saturated rings. The lowest BCUT2D eigenvalue weighted by molar-refractivity contribution is 0.170. The number of hydrogen-bond acceptors (Lipinski definition) is 3. The smallest absolute Gasteiger partial charge is 0.125 e. The van der Waals surface area contributed by atoms with Gasteiger partial charge in [-0.1, -0.05) is 19.9 Å². The third-order valence-corrected chi connectivity index (χ3v) is 5.94. The Balaban J connectivity index is 2.46. The molecule has 112 valence electrons. The van der Waals surface area contributed by atoms with Gasteiger partial charge < -0.3 is 10.6 Å². The second kappa shape index (κ2) is 5.94. The van der Waals surface area contributed by atoms with Crippen molar-refractivity contribution in [3.05, 3.63) is 30.1 Å². The number of nitrogens with zero attached hydrogens (tertiary/aromatic N) is 1. The maximum atomic E-state index is 13.6. The molecular formula is C16H25FN2S. The highest BCUT2D eigenvalue weighted by molar-refractivity contribution is 7.99. The van der Waals surface area contributed by atoms with Crippen LogP contribution in [0.15, 0.2) is 24.3 Å². The summed E-state index contributed by atoms with van der Waals surface area (Å²) in [7, 11) is 0. The number of nitrogens with two attached hydrogens (primary N) is 1. The summed E-state index contributed by atoms with van der Waals surface area (Å²) in [6, 6.07) is 6.88. The van der Waals surface area contributed by atoms with Gasteiger partial charge in [-0.25, -0.2) is 4.39 Å². The van der Waals surface area contributed by atoms with E-state index in [1.165, 1.54) is 11.8 Å². The first-order valence-corrected chi connectivity index (χ1v) is 8.43. The predicted octanol–water partition coefficient (Wildman–Crippen LogP) is 3.51. The van der Waals surface area contributed by atoms with E-state index in [4.69, 9.17) is 5.73 Å².